The maximum Gasteiger partial charge on any atom is 0.164 e. The zero-order chi connectivity index (χ0) is 12.2. The molecule has 0 bridgehead atoms. The van der Waals surface area contributed by atoms with Crippen molar-refractivity contribution in [2.24, 2.45) is 0 Å². The van der Waals surface area contributed by atoms with Gasteiger partial charge in [0.2, 0.25) is 0 Å². The summed E-state index contributed by atoms with van der Waals surface area (Å²) < 4.78 is 22.2. The van der Waals surface area contributed by atoms with Crippen LogP contribution in [0, 0.1) is 0 Å². The van der Waals surface area contributed by atoms with Gasteiger partial charge >= 0.3 is 0 Å². The molecule has 0 amide bonds. The van der Waals surface area contributed by atoms with Crippen LogP contribution in [-0.4, -0.2) is 25.9 Å². The molecule has 0 radical (unpaired) electrons. The number of rotatable bonds is 2. The molecule has 1 saturated heterocycles. The Morgan fingerprint density at radius 3 is 2.41 bits per heavy atom. The van der Waals surface area contributed by atoms with Crippen LogP contribution in [0.2, 0.25) is 0 Å². The zero-order valence-electron chi connectivity index (χ0n) is 10.4. The van der Waals surface area contributed by atoms with E-state index >= 15 is 0 Å². The first-order valence-corrected chi connectivity index (χ1v) is 5.67. The third kappa shape index (κ3) is 1.47. The largest absolute Gasteiger partial charge is 0.493 e. The van der Waals surface area contributed by atoms with Crippen LogP contribution in [0.25, 0.3) is 0 Å². The second-order valence-corrected chi connectivity index (χ2v) is 4.93. The average molecular weight is 236 g/mol. The van der Waals surface area contributed by atoms with Crippen molar-refractivity contribution in [3.05, 3.63) is 17.7 Å². The van der Waals surface area contributed by atoms with Gasteiger partial charge in [0.15, 0.2) is 11.5 Å². The lowest BCUT2D eigenvalue weighted by Crippen LogP contribution is -2.37. The first-order chi connectivity index (χ1) is 8.06. The Labute approximate surface area is 100 Å². The van der Waals surface area contributed by atoms with Crippen molar-refractivity contribution in [2.75, 3.05) is 14.2 Å². The number of ether oxygens (including phenoxy) is 4. The molecular weight excluding hydrogens is 220 g/mol. The number of hydrogen-bond donors (Lipinski definition) is 0. The summed E-state index contributed by atoms with van der Waals surface area (Å²) in [6, 6.07) is 3.81. The van der Waals surface area contributed by atoms with E-state index in [9.17, 15) is 0 Å². The van der Waals surface area contributed by atoms with Crippen molar-refractivity contribution in [3.8, 4) is 17.2 Å². The van der Waals surface area contributed by atoms with E-state index in [2.05, 4.69) is 0 Å². The van der Waals surface area contributed by atoms with Crippen LogP contribution in [0.1, 0.15) is 25.5 Å². The van der Waals surface area contributed by atoms with Crippen molar-refractivity contribution < 1.29 is 18.9 Å². The van der Waals surface area contributed by atoms with Crippen molar-refractivity contribution in [1.82, 2.24) is 0 Å². The number of fused-ring (bicyclic) bond motifs is 3. The summed E-state index contributed by atoms with van der Waals surface area (Å²) in [4.78, 5) is 0. The molecule has 0 aromatic heterocycles. The van der Waals surface area contributed by atoms with E-state index in [1.54, 1.807) is 14.2 Å². The van der Waals surface area contributed by atoms with Crippen molar-refractivity contribution in [3.63, 3.8) is 0 Å². The number of methoxy groups -OCH3 is 2. The first-order valence-electron chi connectivity index (χ1n) is 5.67. The molecule has 0 spiro atoms. The van der Waals surface area contributed by atoms with Crippen LogP contribution < -0.4 is 14.2 Å². The highest BCUT2D eigenvalue weighted by Gasteiger charge is 2.56. The Hall–Kier alpha value is -1.42. The van der Waals surface area contributed by atoms with Crippen molar-refractivity contribution in [1.29, 1.82) is 0 Å². The minimum Gasteiger partial charge on any atom is -0.493 e. The molecule has 3 rings (SSSR count). The van der Waals surface area contributed by atoms with Gasteiger partial charge in [-0.05, 0) is 19.9 Å². The normalized spacial score (nSPS) is 27.5. The van der Waals surface area contributed by atoms with E-state index in [-0.39, 0.29) is 17.8 Å². The highest BCUT2D eigenvalue weighted by molar-refractivity contribution is 5.54. The molecular formula is C13H16O4. The second-order valence-electron chi connectivity index (χ2n) is 4.93. The van der Waals surface area contributed by atoms with Gasteiger partial charge in [-0.15, -0.1) is 0 Å². The Morgan fingerprint density at radius 2 is 1.76 bits per heavy atom. The fourth-order valence-corrected chi connectivity index (χ4v) is 2.41. The Morgan fingerprint density at radius 1 is 1.12 bits per heavy atom. The van der Waals surface area contributed by atoms with E-state index in [4.69, 9.17) is 18.9 Å². The fraction of sp³-hybridized carbons (Fsp3) is 0.538. The lowest BCUT2D eigenvalue weighted by Gasteiger charge is -2.30. The van der Waals surface area contributed by atoms with Crippen molar-refractivity contribution in [2.45, 2.75) is 31.7 Å². The monoisotopic (exact) mass is 236 g/mol. The maximum atomic E-state index is 5.95. The van der Waals surface area contributed by atoms with Crippen LogP contribution in [0.5, 0.6) is 17.2 Å². The summed E-state index contributed by atoms with van der Waals surface area (Å²) >= 11 is 0. The van der Waals surface area contributed by atoms with Crippen LogP contribution >= 0.6 is 0 Å². The van der Waals surface area contributed by atoms with Crippen LogP contribution in [0.15, 0.2) is 12.1 Å². The SMILES string of the molecule is COc1cc2c(cc1OC)[C@@H]1O[C@H]1C(C)(C)O2. The molecule has 0 N–H and O–H groups in total. The van der Waals surface area contributed by atoms with Gasteiger partial charge in [-0.25, -0.2) is 0 Å². The van der Waals surface area contributed by atoms with Crippen LogP contribution in [0.4, 0.5) is 0 Å². The predicted molar refractivity (Wildman–Crippen MR) is 61.9 cm³/mol. The smallest absolute Gasteiger partial charge is 0.164 e. The molecule has 2 aliphatic rings. The summed E-state index contributed by atoms with van der Waals surface area (Å²) in [5.41, 5.74) is 0.768. The minimum atomic E-state index is -0.280. The molecule has 2 aliphatic heterocycles. The lowest BCUT2D eigenvalue weighted by atomic mass is 9.94. The summed E-state index contributed by atoms with van der Waals surface area (Å²) in [6.07, 6.45) is 0.279. The highest BCUT2D eigenvalue weighted by Crippen LogP contribution is 2.55. The summed E-state index contributed by atoms with van der Waals surface area (Å²) in [5, 5.41) is 0. The van der Waals surface area contributed by atoms with Crippen LogP contribution in [0.3, 0.4) is 0 Å². The molecule has 92 valence electrons. The summed E-state index contributed by atoms with van der Waals surface area (Å²) in [6.45, 7) is 4.08. The van der Waals surface area contributed by atoms with Crippen molar-refractivity contribution >= 4 is 0 Å². The van der Waals surface area contributed by atoms with Gasteiger partial charge in [-0.1, -0.05) is 0 Å². The Kier molecular flexibility index (Phi) is 2.08. The lowest BCUT2D eigenvalue weighted by molar-refractivity contribution is 0.0721. The zero-order valence-corrected chi connectivity index (χ0v) is 10.4. The van der Waals surface area contributed by atoms with Gasteiger partial charge in [0.05, 0.1) is 14.2 Å². The van der Waals surface area contributed by atoms with Gasteiger partial charge in [0.1, 0.15) is 23.6 Å². The Balaban J connectivity index is 2.08. The number of hydrogen-bond acceptors (Lipinski definition) is 4. The van der Waals surface area contributed by atoms with E-state index in [1.807, 2.05) is 26.0 Å². The molecule has 1 aromatic carbocycles. The van der Waals surface area contributed by atoms with Gasteiger partial charge in [0.25, 0.3) is 0 Å². The fourth-order valence-electron chi connectivity index (χ4n) is 2.41. The number of epoxide rings is 1. The standard InChI is InChI=1S/C13H16O4/c1-13(2)12-11(16-12)7-5-9(14-3)10(15-4)6-8(7)17-13/h5-6,11-12H,1-4H3/t11-,12+/m0/s1. The summed E-state index contributed by atoms with van der Waals surface area (Å²) in [5.74, 6) is 2.22. The quantitative estimate of drug-likeness (QED) is 0.739. The molecule has 2 atom stereocenters. The molecule has 1 aromatic rings. The molecule has 0 aliphatic carbocycles. The first kappa shape index (κ1) is 10.7. The Bertz CT molecular complexity index is 467. The van der Waals surface area contributed by atoms with E-state index in [0.717, 1.165) is 11.3 Å². The molecule has 4 nitrogen and oxygen atoms in total. The third-order valence-electron chi connectivity index (χ3n) is 3.37. The molecule has 2 heterocycles. The third-order valence-corrected chi connectivity index (χ3v) is 3.37. The summed E-state index contributed by atoms with van der Waals surface area (Å²) in [7, 11) is 3.25. The number of benzene rings is 1. The van der Waals surface area contributed by atoms with Gasteiger partial charge in [-0.2, -0.15) is 0 Å². The van der Waals surface area contributed by atoms with Gasteiger partial charge in [0, 0.05) is 11.6 Å². The predicted octanol–water partition coefficient (Wildman–Crippen LogP) is 2.31. The maximum absolute atomic E-state index is 5.95. The van der Waals surface area contributed by atoms with Gasteiger partial charge < -0.3 is 18.9 Å². The molecule has 17 heavy (non-hydrogen) atoms. The van der Waals surface area contributed by atoms with Gasteiger partial charge in [-0.3, -0.25) is 0 Å². The molecule has 0 saturated carbocycles. The topological polar surface area (TPSA) is 40.2 Å². The van der Waals surface area contributed by atoms with E-state index < -0.39 is 0 Å². The average Bonchev–Trinajstić information content (AvgIpc) is 3.08. The highest BCUT2D eigenvalue weighted by atomic mass is 16.6. The molecule has 1 fully saturated rings. The molecule has 0 unspecified atom stereocenters. The molecule has 4 heteroatoms. The van der Waals surface area contributed by atoms with E-state index in [1.165, 1.54) is 0 Å². The minimum absolute atomic E-state index is 0.133. The second kappa shape index (κ2) is 3.29. The van der Waals surface area contributed by atoms with Crippen LogP contribution in [-0.2, 0) is 4.74 Å². The van der Waals surface area contributed by atoms with E-state index in [0.29, 0.717) is 11.5 Å².